The molecule has 110 heavy (non-hydrogen) atoms. The number of nitro groups is 1. The molecule has 8 aromatic rings. The zero-order valence-corrected chi connectivity index (χ0v) is 63.1. The van der Waals surface area contributed by atoms with Crippen LogP contribution in [0.2, 0.25) is 0 Å². The van der Waals surface area contributed by atoms with Crippen molar-refractivity contribution in [3.63, 3.8) is 0 Å². The SMILES string of the molecule is O=C(CC[C@H](NC(=O)CN1CCN(CCc2ccccc2)CCN(CCc2ccccc2)CCN(CC(=O)OCc2ccccc2)CC1)C(=O)OCc1ccccc1)CC(CCOP(=O)(CC(CCC(=O)OCc1ccccc1)C(=O)OCc1ccccc1)OCc1ccc([N+](=O)[O-])cc1)C(=O)OCc1ccccc1. The van der Waals surface area contributed by atoms with Gasteiger partial charge in [-0.1, -0.05) is 212 Å². The lowest BCUT2D eigenvalue weighted by atomic mass is 9.96. The summed E-state index contributed by atoms with van der Waals surface area (Å²) in [6.07, 6.45) is -0.789. The molecular formula is C86H99N6O17P. The van der Waals surface area contributed by atoms with Crippen molar-refractivity contribution in [2.45, 2.75) is 97.0 Å². The van der Waals surface area contributed by atoms with Crippen LogP contribution in [0.1, 0.15) is 83.0 Å². The number of hydrogen-bond donors (Lipinski definition) is 1. The van der Waals surface area contributed by atoms with Gasteiger partial charge in [-0.3, -0.25) is 53.2 Å². The molecule has 0 radical (unpaired) electrons. The summed E-state index contributed by atoms with van der Waals surface area (Å²) in [5, 5.41) is 14.5. The number of nitrogens with one attached hydrogen (secondary N) is 1. The number of carbonyl (C=O) groups excluding carboxylic acids is 7. The largest absolute Gasteiger partial charge is 0.461 e. The predicted octanol–water partition coefficient (Wildman–Crippen LogP) is 12.4. The van der Waals surface area contributed by atoms with Crippen LogP contribution in [0.3, 0.4) is 0 Å². The summed E-state index contributed by atoms with van der Waals surface area (Å²) in [5.41, 5.74) is 6.17. The summed E-state index contributed by atoms with van der Waals surface area (Å²) in [5.74, 6) is -7.00. The Morgan fingerprint density at radius 1 is 0.391 bits per heavy atom. The second-order valence-corrected chi connectivity index (χ2v) is 29.3. The van der Waals surface area contributed by atoms with Crippen LogP contribution in [0.4, 0.5) is 5.69 Å². The van der Waals surface area contributed by atoms with Gasteiger partial charge in [0.05, 0.1) is 49.2 Å². The fourth-order valence-corrected chi connectivity index (χ4v) is 14.3. The average molecular weight is 1520 g/mol. The molecule has 1 fully saturated rings. The van der Waals surface area contributed by atoms with Gasteiger partial charge in [0.1, 0.15) is 44.9 Å². The molecule has 23 nitrogen and oxygen atoms in total. The lowest BCUT2D eigenvalue weighted by molar-refractivity contribution is -0.384. The quantitative estimate of drug-likeness (QED) is 0.0122. The number of benzene rings is 8. The van der Waals surface area contributed by atoms with E-state index in [0.717, 1.165) is 50.1 Å². The fraction of sp³-hybridized carbons (Fsp3) is 0.360. The Bertz CT molecular complexity index is 4160. The van der Waals surface area contributed by atoms with E-state index in [0.29, 0.717) is 61.5 Å². The van der Waals surface area contributed by atoms with Crippen LogP contribution in [0, 0.1) is 22.0 Å². The first-order valence-corrected chi connectivity index (χ1v) is 39.2. The number of nitrogens with zero attached hydrogens (tertiary/aromatic N) is 5. The van der Waals surface area contributed by atoms with Gasteiger partial charge in [-0.25, -0.2) is 4.79 Å². The molecule has 0 spiro atoms. The van der Waals surface area contributed by atoms with E-state index in [2.05, 4.69) is 44.3 Å². The van der Waals surface area contributed by atoms with E-state index in [1.54, 1.807) is 109 Å². The Kier molecular flexibility index (Phi) is 35.2. The molecule has 4 atom stereocenters. The van der Waals surface area contributed by atoms with E-state index in [1.807, 2.05) is 83.8 Å². The van der Waals surface area contributed by atoms with E-state index in [-0.39, 0.29) is 89.9 Å². The van der Waals surface area contributed by atoms with E-state index in [1.165, 1.54) is 35.4 Å². The Balaban J connectivity index is 0.918. The van der Waals surface area contributed by atoms with Gasteiger partial charge in [0.15, 0.2) is 0 Å². The molecule has 1 saturated heterocycles. The Hall–Kier alpha value is -10.4. The van der Waals surface area contributed by atoms with Gasteiger partial charge in [-0.2, -0.15) is 0 Å². The van der Waals surface area contributed by atoms with Gasteiger partial charge in [0.2, 0.25) is 5.91 Å². The zero-order valence-electron chi connectivity index (χ0n) is 62.2. The smallest absolute Gasteiger partial charge is 0.331 e. The number of non-ortho nitro benzene ring substituents is 1. The number of esters is 5. The number of ketones is 1. The molecule has 8 aromatic carbocycles. The molecule has 0 aromatic heterocycles. The average Bonchev–Trinajstić information content (AvgIpc) is 0.850. The molecule has 1 heterocycles. The Labute approximate surface area is 643 Å². The summed E-state index contributed by atoms with van der Waals surface area (Å²) < 4.78 is 56.5. The summed E-state index contributed by atoms with van der Waals surface area (Å²) in [7, 11) is -4.53. The normalized spacial score (nSPS) is 14.7. The number of amides is 1. The number of carbonyl (C=O) groups is 7. The molecule has 0 bridgehead atoms. The maximum absolute atomic E-state index is 15.4. The van der Waals surface area contributed by atoms with Crippen molar-refractivity contribution < 1.29 is 75.8 Å². The van der Waals surface area contributed by atoms with Crippen molar-refractivity contribution in [2.75, 3.05) is 91.3 Å². The molecule has 1 N–H and O–H groups in total. The maximum Gasteiger partial charge on any atom is 0.331 e. The minimum atomic E-state index is -4.53. The van der Waals surface area contributed by atoms with Gasteiger partial charge < -0.3 is 47.8 Å². The van der Waals surface area contributed by atoms with Crippen LogP contribution in [-0.2, 0) is 123 Å². The molecule has 9 rings (SSSR count). The maximum atomic E-state index is 15.4. The minimum absolute atomic E-state index is 0.0112. The fourth-order valence-electron chi connectivity index (χ4n) is 12.4. The summed E-state index contributed by atoms with van der Waals surface area (Å²) in [6.45, 7) is 4.59. The highest BCUT2D eigenvalue weighted by Crippen LogP contribution is 2.52. The van der Waals surface area contributed by atoms with E-state index in [9.17, 15) is 43.7 Å². The third kappa shape index (κ3) is 31.3. The number of nitro benzene ring substituents is 1. The van der Waals surface area contributed by atoms with Crippen molar-refractivity contribution in [1.82, 2.24) is 24.9 Å². The third-order valence-corrected chi connectivity index (χ3v) is 20.9. The standard InChI is InChI=1S/C86H99N6O17P/c93-79(58-76(84(97)105-63-72-30-16-5-17-31-72)46-57-108-110(102,109-66-75-36-39-78(40-37-75)92(100)101)67-77(85(98)106-64-73-32-18-6-19-33-73)38-43-82(95)103-61-70-26-12-3-13-27-70)41-42-80(86(99)107-65-74-34-20-7-21-35-74)87-81(94)59-90-53-51-88(47-44-68-22-8-1-9-23-68)49-50-89(48-45-69-24-10-2-11-25-69)52-54-91(56-55-90)60-83(96)104-62-71-28-14-4-15-29-71/h1-37,39-40,76-77,80H,38,41-67H2,(H,87,94)/t76?,77?,80-,110?/m0/s1. The molecule has 24 heteroatoms. The lowest BCUT2D eigenvalue weighted by Crippen LogP contribution is -2.51. The zero-order chi connectivity index (χ0) is 77.4. The van der Waals surface area contributed by atoms with Crippen molar-refractivity contribution >= 4 is 54.8 Å². The first-order valence-electron chi connectivity index (χ1n) is 37.5. The first kappa shape index (κ1) is 83.7. The molecular weight excluding hydrogens is 1420 g/mol. The lowest BCUT2D eigenvalue weighted by Gasteiger charge is -2.34. The number of ether oxygens (including phenoxy) is 5. The highest BCUT2D eigenvalue weighted by Gasteiger charge is 2.36. The summed E-state index contributed by atoms with van der Waals surface area (Å²) >= 11 is 0. The summed E-state index contributed by atoms with van der Waals surface area (Å²) in [6, 6.07) is 69.8. The van der Waals surface area contributed by atoms with Crippen molar-refractivity contribution in [3.8, 4) is 0 Å². The molecule has 1 amide bonds. The predicted molar refractivity (Wildman–Crippen MR) is 415 cm³/mol. The van der Waals surface area contributed by atoms with Crippen LogP contribution in [0.15, 0.2) is 237 Å². The number of rotatable bonds is 42. The highest BCUT2D eigenvalue weighted by molar-refractivity contribution is 7.53. The Morgan fingerprint density at radius 2 is 0.764 bits per heavy atom. The van der Waals surface area contributed by atoms with Crippen LogP contribution in [0.25, 0.3) is 0 Å². The van der Waals surface area contributed by atoms with Crippen molar-refractivity contribution in [2.24, 2.45) is 11.8 Å². The van der Waals surface area contributed by atoms with Crippen LogP contribution in [0.5, 0.6) is 0 Å². The number of hydrogen-bond acceptors (Lipinski definition) is 21. The van der Waals surface area contributed by atoms with Gasteiger partial charge in [-0.05, 0) is 88.7 Å². The van der Waals surface area contributed by atoms with Crippen LogP contribution >= 0.6 is 7.60 Å². The van der Waals surface area contributed by atoms with Gasteiger partial charge in [-0.15, -0.1) is 0 Å². The molecule has 3 unspecified atom stereocenters. The van der Waals surface area contributed by atoms with Crippen LogP contribution in [-0.4, -0.2) is 163 Å². The second kappa shape index (κ2) is 46.2. The molecule has 1 aliphatic rings. The van der Waals surface area contributed by atoms with E-state index >= 15 is 4.57 Å². The third-order valence-electron chi connectivity index (χ3n) is 18.9. The molecule has 0 aliphatic carbocycles. The van der Waals surface area contributed by atoms with Crippen molar-refractivity contribution in [1.29, 1.82) is 0 Å². The monoisotopic (exact) mass is 1520 g/mol. The Morgan fingerprint density at radius 3 is 1.20 bits per heavy atom. The highest BCUT2D eigenvalue weighted by atomic mass is 31.2. The molecule has 0 saturated carbocycles. The minimum Gasteiger partial charge on any atom is -0.461 e. The van der Waals surface area contributed by atoms with Crippen molar-refractivity contribution in [3.05, 3.63) is 291 Å². The van der Waals surface area contributed by atoms with Crippen LogP contribution < -0.4 is 5.32 Å². The molecule has 1 aliphatic heterocycles. The van der Waals surface area contributed by atoms with Gasteiger partial charge in [0.25, 0.3) is 5.69 Å². The number of Topliss-reactive ketones (excluding diaryl/α,β-unsaturated/α-hetero) is 1. The second-order valence-electron chi connectivity index (χ2n) is 27.2. The topological polar surface area (TPSA) is 269 Å². The summed E-state index contributed by atoms with van der Waals surface area (Å²) in [4.78, 5) is 119. The molecule has 580 valence electrons. The van der Waals surface area contributed by atoms with E-state index < -0.39 is 91.8 Å². The van der Waals surface area contributed by atoms with Gasteiger partial charge in [0, 0.05) is 96.8 Å². The first-order chi connectivity index (χ1) is 53.5. The van der Waals surface area contributed by atoms with Gasteiger partial charge >= 0.3 is 37.4 Å². The van der Waals surface area contributed by atoms with E-state index in [4.69, 9.17) is 32.7 Å².